The van der Waals surface area contributed by atoms with Gasteiger partial charge in [-0.05, 0) is 35.1 Å². The van der Waals surface area contributed by atoms with E-state index in [4.69, 9.17) is 9.47 Å². The van der Waals surface area contributed by atoms with Crippen molar-refractivity contribution < 1.29 is 9.47 Å². The third kappa shape index (κ3) is 1.73. The molecule has 1 aliphatic carbocycles. The summed E-state index contributed by atoms with van der Waals surface area (Å²) in [7, 11) is 1.65. The van der Waals surface area contributed by atoms with Crippen LogP contribution < -0.4 is 10.1 Å². The molecule has 1 aromatic carbocycles. The van der Waals surface area contributed by atoms with Crippen LogP contribution in [-0.2, 0) is 15.7 Å². The van der Waals surface area contributed by atoms with E-state index in [1.54, 1.807) is 7.11 Å². The van der Waals surface area contributed by atoms with Crippen LogP contribution in [0, 0.1) is 5.41 Å². The molecule has 0 bridgehead atoms. The van der Waals surface area contributed by atoms with Gasteiger partial charge in [0.25, 0.3) is 0 Å². The number of hydrogen-bond donors (Lipinski definition) is 1. The molecule has 0 radical (unpaired) electrons. The smallest absolute Gasteiger partial charge is 0.188 e. The van der Waals surface area contributed by atoms with Gasteiger partial charge >= 0.3 is 0 Å². The average molecular weight is 275 g/mol. The third-order valence-corrected chi connectivity index (χ3v) is 4.87. The van der Waals surface area contributed by atoms with Gasteiger partial charge in [0.2, 0.25) is 0 Å². The van der Waals surface area contributed by atoms with Crippen molar-refractivity contribution in [3.63, 3.8) is 0 Å². The molecule has 1 heterocycles. The predicted molar refractivity (Wildman–Crippen MR) is 80.1 cm³/mol. The quantitative estimate of drug-likeness (QED) is 0.856. The molecule has 0 aromatic heterocycles. The van der Waals surface area contributed by atoms with Gasteiger partial charge in [-0.2, -0.15) is 0 Å². The maximum absolute atomic E-state index is 5.57. The number of benzene rings is 1. The summed E-state index contributed by atoms with van der Waals surface area (Å²) in [5.41, 5.74) is 3.63. The molecule has 0 saturated carbocycles. The Hall–Kier alpha value is -1.06. The van der Waals surface area contributed by atoms with Gasteiger partial charge in [-0.1, -0.05) is 33.8 Å². The van der Waals surface area contributed by atoms with Crippen molar-refractivity contribution >= 4 is 0 Å². The van der Waals surface area contributed by atoms with Crippen LogP contribution in [0.15, 0.2) is 18.2 Å². The summed E-state index contributed by atoms with van der Waals surface area (Å²) in [6.45, 7) is 10.7. The van der Waals surface area contributed by atoms with E-state index in [9.17, 15) is 0 Å². The molecule has 110 valence electrons. The fraction of sp³-hybridized carbons (Fsp3) is 0.647. The van der Waals surface area contributed by atoms with Crippen LogP contribution in [0.1, 0.15) is 45.2 Å². The molecule has 20 heavy (non-hydrogen) atoms. The Morgan fingerprint density at radius 3 is 2.55 bits per heavy atom. The number of nitrogens with one attached hydrogen (secondary N) is 1. The minimum atomic E-state index is 0.167. The SMILES string of the molecule is COCOc1ccc2c(c1)C1(C)CNC21CC(C)(C)C. The molecule has 3 nitrogen and oxygen atoms in total. The van der Waals surface area contributed by atoms with Crippen molar-refractivity contribution in [1.29, 1.82) is 0 Å². The second-order valence-electron chi connectivity index (χ2n) is 7.59. The zero-order valence-corrected chi connectivity index (χ0v) is 13.2. The lowest BCUT2D eigenvalue weighted by atomic mass is 9.44. The Bertz CT molecular complexity index is 534. The van der Waals surface area contributed by atoms with E-state index in [1.165, 1.54) is 17.5 Å². The van der Waals surface area contributed by atoms with Crippen molar-refractivity contribution in [3.05, 3.63) is 29.3 Å². The molecule has 1 N–H and O–H groups in total. The Morgan fingerprint density at radius 1 is 1.25 bits per heavy atom. The lowest BCUT2D eigenvalue weighted by Crippen LogP contribution is -2.78. The lowest BCUT2D eigenvalue weighted by molar-refractivity contribution is -0.0121. The number of rotatable bonds is 4. The first kappa shape index (κ1) is 13.9. The van der Waals surface area contributed by atoms with Crippen LogP contribution >= 0.6 is 0 Å². The minimum Gasteiger partial charge on any atom is -0.468 e. The maximum atomic E-state index is 5.57. The van der Waals surface area contributed by atoms with Gasteiger partial charge in [0.15, 0.2) is 6.79 Å². The molecule has 2 atom stereocenters. The summed E-state index contributed by atoms with van der Waals surface area (Å²) < 4.78 is 10.5. The first-order valence-electron chi connectivity index (χ1n) is 7.34. The van der Waals surface area contributed by atoms with Crippen molar-refractivity contribution in [1.82, 2.24) is 5.32 Å². The van der Waals surface area contributed by atoms with Crippen molar-refractivity contribution in [3.8, 4) is 5.75 Å². The molecule has 0 amide bonds. The number of fused-ring (bicyclic) bond motifs is 4. The summed E-state index contributed by atoms with van der Waals surface area (Å²) in [5.74, 6) is 0.906. The molecule has 1 saturated heterocycles. The molecule has 2 aliphatic rings. The highest BCUT2D eigenvalue weighted by Gasteiger charge is 2.67. The third-order valence-electron chi connectivity index (χ3n) is 4.87. The van der Waals surface area contributed by atoms with Gasteiger partial charge in [0, 0.05) is 19.1 Å². The first-order chi connectivity index (χ1) is 9.32. The molecule has 3 rings (SSSR count). The minimum absolute atomic E-state index is 0.167. The highest BCUT2D eigenvalue weighted by Crippen LogP contribution is 2.63. The van der Waals surface area contributed by atoms with Crippen LogP contribution in [0.4, 0.5) is 0 Å². The molecular weight excluding hydrogens is 250 g/mol. The van der Waals surface area contributed by atoms with Crippen LogP contribution in [0.5, 0.6) is 5.75 Å². The van der Waals surface area contributed by atoms with Gasteiger partial charge in [-0.25, -0.2) is 0 Å². The van der Waals surface area contributed by atoms with Crippen molar-refractivity contribution in [2.75, 3.05) is 20.4 Å². The highest BCUT2D eigenvalue weighted by atomic mass is 16.7. The van der Waals surface area contributed by atoms with Crippen molar-refractivity contribution in [2.45, 2.75) is 45.1 Å². The second kappa shape index (κ2) is 4.22. The van der Waals surface area contributed by atoms with E-state index in [2.05, 4.69) is 51.2 Å². The summed E-state index contributed by atoms with van der Waals surface area (Å²) in [4.78, 5) is 0. The maximum Gasteiger partial charge on any atom is 0.188 e. The Kier molecular flexibility index (Phi) is 2.93. The molecule has 0 spiro atoms. The Morgan fingerprint density at radius 2 is 2.00 bits per heavy atom. The van der Waals surface area contributed by atoms with Gasteiger partial charge in [0.1, 0.15) is 5.75 Å². The first-order valence-corrected chi connectivity index (χ1v) is 7.34. The van der Waals surface area contributed by atoms with E-state index in [-0.39, 0.29) is 11.0 Å². The van der Waals surface area contributed by atoms with Gasteiger partial charge in [-0.15, -0.1) is 0 Å². The molecule has 1 aliphatic heterocycles. The molecule has 1 fully saturated rings. The highest BCUT2D eigenvalue weighted by molar-refractivity contribution is 5.60. The largest absolute Gasteiger partial charge is 0.468 e. The van der Waals surface area contributed by atoms with Crippen LogP contribution in [0.2, 0.25) is 0 Å². The molecule has 1 aromatic rings. The fourth-order valence-corrected chi connectivity index (χ4v) is 3.94. The normalized spacial score (nSPS) is 30.9. The Balaban J connectivity index is 1.91. The van der Waals surface area contributed by atoms with Crippen molar-refractivity contribution in [2.24, 2.45) is 5.41 Å². The fourth-order valence-electron chi connectivity index (χ4n) is 3.94. The number of methoxy groups -OCH3 is 1. The van der Waals surface area contributed by atoms with Crippen LogP contribution in [0.25, 0.3) is 0 Å². The topological polar surface area (TPSA) is 30.5 Å². The zero-order chi connectivity index (χ0) is 14.6. The predicted octanol–water partition coefficient (Wildman–Crippen LogP) is 3.18. The molecule has 3 heteroatoms. The standard InChI is InChI=1S/C17H25NO2/c1-15(2,3)9-17-13-7-6-12(20-11-19-5)8-14(13)16(17,4)10-18-17/h6-8,18H,9-11H2,1-5H3. The van der Waals surface area contributed by atoms with E-state index >= 15 is 0 Å². The molecular formula is C17H25NO2. The number of ether oxygens (including phenoxy) is 2. The average Bonchev–Trinajstić information content (AvgIpc) is 2.39. The second-order valence-corrected chi connectivity index (χ2v) is 7.59. The van der Waals surface area contributed by atoms with Gasteiger partial charge in [0.05, 0.1) is 5.54 Å². The lowest BCUT2D eigenvalue weighted by Gasteiger charge is -2.69. The van der Waals surface area contributed by atoms with Crippen LogP contribution in [0.3, 0.4) is 0 Å². The zero-order valence-electron chi connectivity index (χ0n) is 13.2. The van der Waals surface area contributed by atoms with E-state index < -0.39 is 0 Å². The molecule has 2 unspecified atom stereocenters. The van der Waals surface area contributed by atoms with E-state index in [1.807, 2.05) is 0 Å². The van der Waals surface area contributed by atoms with Crippen LogP contribution in [-0.4, -0.2) is 20.4 Å². The summed E-state index contributed by atoms with van der Waals surface area (Å²) >= 11 is 0. The summed E-state index contributed by atoms with van der Waals surface area (Å²) in [5, 5.41) is 3.71. The number of hydrogen-bond acceptors (Lipinski definition) is 3. The Labute approximate surface area is 121 Å². The van der Waals surface area contributed by atoms with E-state index in [0.717, 1.165) is 12.3 Å². The van der Waals surface area contributed by atoms with Gasteiger partial charge < -0.3 is 14.8 Å². The monoisotopic (exact) mass is 275 g/mol. The van der Waals surface area contributed by atoms with E-state index in [0.29, 0.717) is 12.2 Å². The summed E-state index contributed by atoms with van der Waals surface area (Å²) in [6, 6.07) is 6.47. The summed E-state index contributed by atoms with van der Waals surface area (Å²) in [6.07, 6.45) is 1.17. The van der Waals surface area contributed by atoms with Gasteiger partial charge in [-0.3, -0.25) is 0 Å².